The zero-order valence-corrected chi connectivity index (χ0v) is 16.8. The van der Waals surface area contributed by atoms with Crippen LogP contribution in [0.5, 0.6) is 0 Å². The van der Waals surface area contributed by atoms with Crippen LogP contribution in [-0.2, 0) is 4.74 Å². The minimum absolute atomic E-state index is 0.0627. The molecule has 0 fully saturated rings. The number of hydrogen-bond acceptors (Lipinski definition) is 7. The summed E-state index contributed by atoms with van der Waals surface area (Å²) in [6.45, 7) is 5.79. The molecule has 0 aromatic heterocycles. The lowest BCUT2D eigenvalue weighted by atomic mass is 9.79. The van der Waals surface area contributed by atoms with Crippen molar-refractivity contribution in [2.24, 2.45) is 21.1 Å². The second kappa shape index (κ2) is 8.01. The van der Waals surface area contributed by atoms with E-state index in [0.29, 0.717) is 6.73 Å². The molecule has 0 saturated heterocycles. The highest BCUT2D eigenvalue weighted by Gasteiger charge is 2.36. The summed E-state index contributed by atoms with van der Waals surface area (Å²) < 4.78 is 5.46. The normalized spacial score (nSPS) is 26.7. The monoisotopic (exact) mass is 378 g/mol. The van der Waals surface area contributed by atoms with Gasteiger partial charge in [-0.05, 0) is 24.3 Å². The van der Waals surface area contributed by atoms with Gasteiger partial charge in [0.05, 0.1) is 5.04 Å². The Morgan fingerprint density at radius 2 is 2.36 bits per heavy atom. The fraction of sp³-hybridized carbons (Fsp3) is 0.556. The molecule has 0 radical (unpaired) electrons. The van der Waals surface area contributed by atoms with Gasteiger partial charge in [-0.15, -0.1) is 11.8 Å². The van der Waals surface area contributed by atoms with Crippen molar-refractivity contribution in [1.82, 2.24) is 4.90 Å². The summed E-state index contributed by atoms with van der Waals surface area (Å²) in [5.74, 6) is 1.92. The maximum atomic E-state index is 6.29. The quantitative estimate of drug-likeness (QED) is 0.710. The van der Waals surface area contributed by atoms with E-state index in [4.69, 9.17) is 10.5 Å². The molecule has 2 N–H and O–H groups in total. The van der Waals surface area contributed by atoms with Crippen LogP contribution in [0.2, 0.25) is 0 Å². The van der Waals surface area contributed by atoms with Crippen LogP contribution >= 0.6 is 23.5 Å². The highest BCUT2D eigenvalue weighted by molar-refractivity contribution is 8.14. The Balaban J connectivity index is 1.86. The highest BCUT2D eigenvalue weighted by Crippen LogP contribution is 2.47. The fourth-order valence-electron chi connectivity index (χ4n) is 3.18. The van der Waals surface area contributed by atoms with Gasteiger partial charge < -0.3 is 15.4 Å². The fourth-order valence-corrected chi connectivity index (χ4v) is 5.14. The van der Waals surface area contributed by atoms with Gasteiger partial charge in [0.25, 0.3) is 0 Å². The van der Waals surface area contributed by atoms with Crippen LogP contribution in [0, 0.1) is 5.41 Å². The molecule has 0 aromatic carbocycles. The van der Waals surface area contributed by atoms with Crippen LogP contribution in [-0.4, -0.2) is 42.3 Å². The maximum Gasteiger partial charge on any atom is 0.164 e. The Labute approximate surface area is 158 Å². The van der Waals surface area contributed by atoms with Crippen molar-refractivity contribution >= 4 is 34.8 Å². The number of nitrogens with zero attached hydrogens (tertiary/aromatic N) is 3. The molecular weight excluding hydrogens is 352 g/mol. The second-order valence-electron chi connectivity index (χ2n) is 6.63. The summed E-state index contributed by atoms with van der Waals surface area (Å²) in [5, 5.41) is 2.00. The smallest absolute Gasteiger partial charge is 0.164 e. The van der Waals surface area contributed by atoms with Crippen LogP contribution in [0.25, 0.3) is 0 Å². The van der Waals surface area contributed by atoms with E-state index in [-0.39, 0.29) is 5.41 Å². The topological polar surface area (TPSA) is 63.2 Å². The summed E-state index contributed by atoms with van der Waals surface area (Å²) in [6, 6.07) is 0. The predicted molar refractivity (Wildman–Crippen MR) is 110 cm³/mol. The Bertz CT molecular complexity index is 681. The number of ether oxygens (including phenoxy) is 1. The number of hydrogen-bond donors (Lipinski definition) is 1. The van der Waals surface area contributed by atoms with E-state index in [0.717, 1.165) is 42.4 Å². The Morgan fingerprint density at radius 1 is 1.52 bits per heavy atom. The molecule has 2 aliphatic heterocycles. The van der Waals surface area contributed by atoms with Crippen molar-refractivity contribution in [2.45, 2.75) is 33.1 Å². The third kappa shape index (κ3) is 4.15. The highest BCUT2D eigenvalue weighted by atomic mass is 32.2. The lowest BCUT2D eigenvalue weighted by molar-refractivity contribution is 0.100. The largest absolute Gasteiger partial charge is 0.390 e. The first-order valence-corrected chi connectivity index (χ1v) is 10.4. The van der Waals surface area contributed by atoms with E-state index < -0.39 is 0 Å². The molecule has 25 heavy (non-hydrogen) atoms. The van der Waals surface area contributed by atoms with E-state index in [1.165, 1.54) is 15.6 Å². The molecule has 136 valence electrons. The molecule has 0 spiro atoms. The summed E-state index contributed by atoms with van der Waals surface area (Å²) in [7, 11) is 1.71. The van der Waals surface area contributed by atoms with Crippen LogP contribution in [0.3, 0.4) is 0 Å². The number of rotatable bonds is 6. The molecule has 1 unspecified atom stereocenters. The molecule has 0 amide bonds. The van der Waals surface area contributed by atoms with Gasteiger partial charge in [-0.25, -0.2) is 4.99 Å². The van der Waals surface area contributed by atoms with Crippen LogP contribution in [0.4, 0.5) is 0 Å². The third-order valence-corrected chi connectivity index (χ3v) is 6.36. The summed E-state index contributed by atoms with van der Waals surface area (Å²) in [4.78, 5) is 12.6. The van der Waals surface area contributed by atoms with E-state index in [1.807, 2.05) is 18.0 Å². The Kier molecular flexibility index (Phi) is 5.96. The molecule has 1 aliphatic carbocycles. The Morgan fingerprint density at radius 3 is 3.04 bits per heavy atom. The SMILES string of the molecule is CCC=NC1=C(N)SC2=C(CC(C)(CC3=NCCS3)C=C2)N1COC. The zero-order valence-electron chi connectivity index (χ0n) is 15.1. The van der Waals surface area contributed by atoms with E-state index >= 15 is 0 Å². The summed E-state index contributed by atoms with van der Waals surface area (Å²) in [5.41, 5.74) is 7.60. The molecule has 2 heterocycles. The standard InChI is InChI=1S/C18H26N4OS2/c1-4-7-21-17-16(19)25-14-5-6-18(2,11-15-20-8-9-24-15)10-13(14)22(17)12-23-3/h5-7H,4,8-12,19H2,1-3H3. The van der Waals surface area contributed by atoms with Crippen LogP contribution in [0.15, 0.2) is 43.6 Å². The first kappa shape index (κ1) is 18.6. The number of methoxy groups -OCH3 is 1. The molecule has 1 atom stereocenters. The first-order chi connectivity index (χ1) is 12.1. The summed E-state index contributed by atoms with van der Waals surface area (Å²) >= 11 is 3.50. The molecule has 7 heteroatoms. The van der Waals surface area contributed by atoms with Gasteiger partial charge in [0.2, 0.25) is 0 Å². The number of aliphatic imine (C=N–C) groups is 2. The molecule has 3 rings (SSSR count). The van der Waals surface area contributed by atoms with Gasteiger partial charge in [0.1, 0.15) is 11.8 Å². The maximum absolute atomic E-state index is 6.29. The van der Waals surface area contributed by atoms with Crippen LogP contribution < -0.4 is 5.73 Å². The zero-order chi connectivity index (χ0) is 17.9. The van der Waals surface area contributed by atoms with Crippen molar-refractivity contribution in [3.05, 3.63) is 33.6 Å². The predicted octanol–water partition coefficient (Wildman–Crippen LogP) is 3.92. The minimum atomic E-state index is 0.0627. The van der Waals surface area contributed by atoms with Gasteiger partial charge in [-0.1, -0.05) is 31.7 Å². The molecule has 0 aromatic rings. The number of thioether (sulfide) groups is 2. The van der Waals surface area contributed by atoms with E-state index in [1.54, 1.807) is 18.9 Å². The average Bonchev–Trinajstić information content (AvgIpc) is 3.08. The van der Waals surface area contributed by atoms with Crippen molar-refractivity contribution in [2.75, 3.05) is 26.1 Å². The molecule has 0 saturated carbocycles. The van der Waals surface area contributed by atoms with E-state index in [2.05, 4.69) is 40.9 Å². The van der Waals surface area contributed by atoms with Gasteiger partial charge in [0, 0.05) is 42.6 Å². The van der Waals surface area contributed by atoms with Crippen molar-refractivity contribution in [3.8, 4) is 0 Å². The third-order valence-electron chi connectivity index (χ3n) is 4.37. The average molecular weight is 379 g/mol. The molecular formula is C18H26N4OS2. The first-order valence-electron chi connectivity index (χ1n) is 8.61. The van der Waals surface area contributed by atoms with Gasteiger partial charge in [0.15, 0.2) is 5.82 Å². The van der Waals surface area contributed by atoms with Gasteiger partial charge in [-0.3, -0.25) is 4.99 Å². The van der Waals surface area contributed by atoms with E-state index in [9.17, 15) is 0 Å². The number of allylic oxidation sites excluding steroid dienone is 3. The second-order valence-corrected chi connectivity index (χ2v) is 8.88. The lowest BCUT2D eigenvalue weighted by Crippen LogP contribution is -2.34. The summed E-state index contributed by atoms with van der Waals surface area (Å²) in [6.07, 6.45) is 9.23. The molecule has 3 aliphatic rings. The minimum Gasteiger partial charge on any atom is -0.390 e. The molecule has 0 bridgehead atoms. The van der Waals surface area contributed by atoms with Crippen molar-refractivity contribution < 1.29 is 4.74 Å². The van der Waals surface area contributed by atoms with Gasteiger partial charge in [-0.2, -0.15) is 0 Å². The Hall–Kier alpha value is -1.18. The lowest BCUT2D eigenvalue weighted by Gasteiger charge is -2.39. The van der Waals surface area contributed by atoms with Crippen LogP contribution in [0.1, 0.15) is 33.1 Å². The van der Waals surface area contributed by atoms with Crippen molar-refractivity contribution in [3.63, 3.8) is 0 Å². The number of nitrogens with two attached hydrogens (primary N) is 1. The van der Waals surface area contributed by atoms with Gasteiger partial charge >= 0.3 is 0 Å². The molecule has 5 nitrogen and oxygen atoms in total. The van der Waals surface area contributed by atoms with Crippen molar-refractivity contribution in [1.29, 1.82) is 0 Å².